The summed E-state index contributed by atoms with van der Waals surface area (Å²) in [5.74, 6) is -0.0690. The molecule has 0 fully saturated rings. The Balaban J connectivity index is 2.49. The second-order valence-electron chi connectivity index (χ2n) is 5.87. The van der Waals surface area contributed by atoms with Gasteiger partial charge in [0.2, 0.25) is 15.9 Å². The number of rotatable bonds is 4. The Hall–Kier alpha value is -1.44. The molecule has 7 heteroatoms. The quantitative estimate of drug-likeness (QED) is 0.865. The number of nitrogens with zero attached hydrogens (tertiary/aromatic N) is 1. The molecule has 0 unspecified atom stereocenters. The van der Waals surface area contributed by atoms with E-state index in [0.717, 1.165) is 9.87 Å². The lowest BCUT2D eigenvalue weighted by Crippen LogP contribution is -2.34. The molecule has 1 aliphatic heterocycles. The molecule has 0 radical (unpaired) electrons. The zero-order valence-electron chi connectivity index (χ0n) is 12.4. The molecule has 0 aliphatic carbocycles. The van der Waals surface area contributed by atoms with Gasteiger partial charge in [0.05, 0.1) is 11.5 Å². The molecule has 0 atom stereocenters. The first-order valence-corrected chi connectivity index (χ1v) is 8.14. The largest absolute Gasteiger partial charge is 0.395 e. The molecule has 0 saturated heterocycles. The molecule has 1 aromatic carbocycles. The topological polar surface area (TPSA) is 86.7 Å². The van der Waals surface area contributed by atoms with Gasteiger partial charge in [0.25, 0.3) is 0 Å². The lowest BCUT2D eigenvalue weighted by atomic mass is 9.78. The number of anilines is 1. The molecule has 2 N–H and O–H groups in total. The zero-order valence-corrected chi connectivity index (χ0v) is 13.2. The molecule has 0 aromatic heterocycles. The number of aliphatic hydroxyl groups is 1. The Kier molecular flexibility index (Phi) is 4.10. The molecular formula is C14H20N2O4S. The van der Waals surface area contributed by atoms with E-state index in [1.165, 1.54) is 13.1 Å². The van der Waals surface area contributed by atoms with Crippen LogP contribution in [0.2, 0.25) is 0 Å². The number of carbonyl (C=O) groups excluding carboxylic acids is 1. The molecule has 1 heterocycles. The number of hydrogen-bond donors (Lipinski definition) is 2. The summed E-state index contributed by atoms with van der Waals surface area (Å²) in [5, 5.41) is 11.7. The highest BCUT2D eigenvalue weighted by Crippen LogP contribution is 2.38. The summed E-state index contributed by atoms with van der Waals surface area (Å²) in [6.07, 6.45) is 0.315. The van der Waals surface area contributed by atoms with Gasteiger partial charge in [0.15, 0.2) is 0 Å². The van der Waals surface area contributed by atoms with Crippen LogP contribution >= 0.6 is 0 Å². The van der Waals surface area contributed by atoms with Gasteiger partial charge in [-0.05, 0) is 23.8 Å². The maximum Gasteiger partial charge on any atom is 0.242 e. The fourth-order valence-electron chi connectivity index (χ4n) is 2.48. The van der Waals surface area contributed by atoms with E-state index in [9.17, 15) is 13.2 Å². The zero-order chi connectivity index (χ0) is 15.8. The number of fused-ring (bicyclic) bond motifs is 1. The first-order chi connectivity index (χ1) is 9.68. The minimum absolute atomic E-state index is 0.0412. The van der Waals surface area contributed by atoms with Gasteiger partial charge in [-0.2, -0.15) is 4.31 Å². The van der Waals surface area contributed by atoms with Crippen molar-refractivity contribution in [3.8, 4) is 0 Å². The highest BCUT2D eigenvalue weighted by atomic mass is 32.2. The van der Waals surface area contributed by atoms with Crippen LogP contribution in [0.4, 0.5) is 5.69 Å². The van der Waals surface area contributed by atoms with E-state index in [0.29, 0.717) is 12.1 Å². The predicted octanol–water partition coefficient (Wildman–Crippen LogP) is 0.919. The van der Waals surface area contributed by atoms with Crippen molar-refractivity contribution in [1.29, 1.82) is 0 Å². The van der Waals surface area contributed by atoms with Crippen molar-refractivity contribution in [2.24, 2.45) is 0 Å². The van der Waals surface area contributed by atoms with Crippen LogP contribution in [0.25, 0.3) is 0 Å². The summed E-state index contributed by atoms with van der Waals surface area (Å²) in [7, 11) is -2.21. The Morgan fingerprint density at radius 2 is 2.05 bits per heavy atom. The molecule has 6 nitrogen and oxygen atoms in total. The van der Waals surface area contributed by atoms with Crippen LogP contribution in [0.3, 0.4) is 0 Å². The van der Waals surface area contributed by atoms with Gasteiger partial charge in [0.1, 0.15) is 0 Å². The molecule has 116 valence electrons. The molecule has 0 bridgehead atoms. The normalized spacial score (nSPS) is 17.5. The average molecular weight is 312 g/mol. The van der Waals surface area contributed by atoms with Crippen molar-refractivity contribution in [3.05, 3.63) is 23.8 Å². The highest BCUT2D eigenvalue weighted by Gasteiger charge is 2.33. The van der Waals surface area contributed by atoms with Crippen molar-refractivity contribution in [3.63, 3.8) is 0 Å². The number of benzene rings is 1. The SMILES string of the molecule is CN(CCO)S(=O)(=O)c1ccc2c(c1)C(C)(C)CC(=O)N2. The lowest BCUT2D eigenvalue weighted by molar-refractivity contribution is -0.117. The maximum absolute atomic E-state index is 12.4. The molecule has 21 heavy (non-hydrogen) atoms. The van der Waals surface area contributed by atoms with Gasteiger partial charge >= 0.3 is 0 Å². The van der Waals surface area contributed by atoms with Gasteiger partial charge in [-0.15, -0.1) is 0 Å². The van der Waals surface area contributed by atoms with Crippen molar-refractivity contribution < 1.29 is 18.3 Å². The van der Waals surface area contributed by atoms with E-state index in [4.69, 9.17) is 5.11 Å². The number of hydrogen-bond acceptors (Lipinski definition) is 4. The Bertz CT molecular complexity index is 668. The summed E-state index contributed by atoms with van der Waals surface area (Å²) >= 11 is 0. The first kappa shape index (κ1) is 15.9. The fraction of sp³-hybridized carbons (Fsp3) is 0.500. The fourth-order valence-corrected chi connectivity index (χ4v) is 3.67. The van der Waals surface area contributed by atoms with Gasteiger partial charge < -0.3 is 10.4 Å². The summed E-state index contributed by atoms with van der Waals surface area (Å²) < 4.78 is 25.9. The van der Waals surface area contributed by atoms with Crippen LogP contribution in [0.1, 0.15) is 25.8 Å². The van der Waals surface area contributed by atoms with Gasteiger partial charge in [0, 0.05) is 31.1 Å². The molecule has 2 rings (SSSR count). The van der Waals surface area contributed by atoms with Crippen LogP contribution < -0.4 is 5.32 Å². The Morgan fingerprint density at radius 3 is 2.67 bits per heavy atom. The van der Waals surface area contributed by atoms with E-state index in [2.05, 4.69) is 5.32 Å². The number of amides is 1. The third-order valence-electron chi connectivity index (χ3n) is 3.72. The predicted molar refractivity (Wildman–Crippen MR) is 79.6 cm³/mol. The first-order valence-electron chi connectivity index (χ1n) is 6.70. The molecule has 0 saturated carbocycles. The number of carbonyl (C=O) groups is 1. The third-order valence-corrected chi connectivity index (χ3v) is 5.57. The van der Waals surface area contributed by atoms with Crippen molar-refractivity contribution in [2.75, 3.05) is 25.5 Å². The van der Waals surface area contributed by atoms with Crippen LogP contribution in [-0.4, -0.2) is 43.9 Å². The van der Waals surface area contributed by atoms with Gasteiger partial charge in [-0.1, -0.05) is 13.8 Å². The summed E-state index contributed by atoms with van der Waals surface area (Å²) in [4.78, 5) is 11.8. The monoisotopic (exact) mass is 312 g/mol. The van der Waals surface area contributed by atoms with Gasteiger partial charge in [-0.3, -0.25) is 4.79 Å². The molecule has 1 amide bonds. The molecule has 1 aliphatic rings. The summed E-state index contributed by atoms with van der Waals surface area (Å²) in [5.41, 5.74) is 1.04. The average Bonchev–Trinajstić information content (AvgIpc) is 2.37. The van der Waals surface area contributed by atoms with E-state index >= 15 is 0 Å². The summed E-state index contributed by atoms with van der Waals surface area (Å²) in [6, 6.07) is 4.70. The minimum atomic E-state index is -3.64. The number of aliphatic hydroxyl groups excluding tert-OH is 1. The van der Waals surface area contributed by atoms with Crippen molar-refractivity contribution in [1.82, 2.24) is 4.31 Å². The van der Waals surface area contributed by atoms with E-state index in [1.54, 1.807) is 12.1 Å². The number of likely N-dealkylation sites (N-methyl/N-ethyl adjacent to an activating group) is 1. The van der Waals surface area contributed by atoms with E-state index < -0.39 is 15.4 Å². The highest BCUT2D eigenvalue weighted by molar-refractivity contribution is 7.89. The van der Waals surface area contributed by atoms with Crippen LogP contribution in [-0.2, 0) is 20.2 Å². The van der Waals surface area contributed by atoms with Gasteiger partial charge in [-0.25, -0.2) is 8.42 Å². The Labute approximate surface area is 124 Å². The Morgan fingerprint density at radius 1 is 1.38 bits per heavy atom. The third kappa shape index (κ3) is 2.95. The lowest BCUT2D eigenvalue weighted by Gasteiger charge is -2.32. The smallest absolute Gasteiger partial charge is 0.242 e. The molecule has 1 aromatic rings. The van der Waals surface area contributed by atoms with Crippen molar-refractivity contribution >= 4 is 21.6 Å². The second kappa shape index (κ2) is 5.40. The maximum atomic E-state index is 12.4. The van der Waals surface area contributed by atoms with Crippen LogP contribution in [0, 0.1) is 0 Å². The summed E-state index contributed by atoms with van der Waals surface area (Å²) in [6.45, 7) is 3.64. The number of nitrogens with one attached hydrogen (secondary N) is 1. The van der Waals surface area contributed by atoms with E-state index in [1.807, 2.05) is 13.8 Å². The van der Waals surface area contributed by atoms with E-state index in [-0.39, 0.29) is 24.0 Å². The molecule has 0 spiro atoms. The standard InChI is InChI=1S/C14H20N2O4S/c1-14(2)9-13(18)15-12-5-4-10(8-11(12)14)21(19,20)16(3)6-7-17/h4-5,8,17H,6-7,9H2,1-3H3,(H,15,18). The second-order valence-corrected chi connectivity index (χ2v) is 7.91. The minimum Gasteiger partial charge on any atom is -0.395 e. The molecular weight excluding hydrogens is 292 g/mol. The van der Waals surface area contributed by atoms with Crippen LogP contribution in [0.15, 0.2) is 23.1 Å². The van der Waals surface area contributed by atoms with Crippen molar-refractivity contribution in [2.45, 2.75) is 30.6 Å². The van der Waals surface area contributed by atoms with Crippen LogP contribution in [0.5, 0.6) is 0 Å². The number of sulfonamides is 1.